The summed E-state index contributed by atoms with van der Waals surface area (Å²) in [6.07, 6.45) is 16.1. The number of carbonyl (C=O) groups is 4. The largest absolute Gasteiger partial charge is 0.481 e. The number of pyridine rings is 2. The molecule has 3 amide bonds. The van der Waals surface area contributed by atoms with Crippen LogP contribution in [0.15, 0.2) is 24.3 Å². The van der Waals surface area contributed by atoms with Crippen molar-refractivity contribution >= 4 is 24.1 Å². The molecule has 336 valence electrons. The number of rotatable bonds is 6. The van der Waals surface area contributed by atoms with Gasteiger partial charge in [0.25, 0.3) is 0 Å². The van der Waals surface area contributed by atoms with Gasteiger partial charge < -0.3 is 34.6 Å². The second-order valence-corrected chi connectivity index (χ2v) is 20.1. The Morgan fingerprint density at radius 2 is 1.05 bits per heavy atom. The minimum Gasteiger partial charge on any atom is -0.481 e. The van der Waals surface area contributed by atoms with E-state index in [2.05, 4.69) is 29.6 Å². The van der Waals surface area contributed by atoms with Crippen LogP contribution in [0.4, 0.5) is 9.59 Å². The fourth-order valence-corrected chi connectivity index (χ4v) is 9.00. The summed E-state index contributed by atoms with van der Waals surface area (Å²) in [5.41, 5.74) is 7.17. The second-order valence-electron chi connectivity index (χ2n) is 20.1. The third-order valence-corrected chi connectivity index (χ3v) is 12.6. The highest BCUT2D eigenvalue weighted by Gasteiger charge is 2.41. The van der Waals surface area contributed by atoms with Gasteiger partial charge in [-0.05, 0) is 180 Å². The summed E-state index contributed by atoms with van der Waals surface area (Å²) in [6.45, 7) is 16.4. The zero-order valence-corrected chi connectivity index (χ0v) is 37.8. The first-order valence-electron chi connectivity index (χ1n) is 23.1. The lowest BCUT2D eigenvalue weighted by Gasteiger charge is -2.42. The van der Waals surface area contributed by atoms with Crippen LogP contribution < -0.4 is 5.32 Å². The van der Waals surface area contributed by atoms with Crippen LogP contribution in [0.2, 0.25) is 0 Å². The molecule has 4 aliphatic heterocycles. The van der Waals surface area contributed by atoms with Gasteiger partial charge in [-0.2, -0.15) is 0 Å². The Bertz CT molecular complexity index is 1810. The number of hydrogen-bond donors (Lipinski definition) is 2. The lowest BCUT2D eigenvalue weighted by atomic mass is 9.89. The number of fused-ring (bicyclic) bond motifs is 2. The molecular weight excluding hydrogens is 773 g/mol. The van der Waals surface area contributed by atoms with Crippen LogP contribution in [0.3, 0.4) is 0 Å². The Hall–Kier alpha value is -4.26. The van der Waals surface area contributed by atoms with Gasteiger partial charge in [0.1, 0.15) is 11.2 Å². The fraction of sp³-hybridized carbons (Fsp3) is 0.708. The molecule has 2 aromatic rings. The zero-order valence-electron chi connectivity index (χ0n) is 37.8. The molecule has 13 heteroatoms. The maximum Gasteiger partial charge on any atom is 0.410 e. The summed E-state index contributed by atoms with van der Waals surface area (Å²) in [6, 6.07) is 9.09. The molecule has 4 fully saturated rings. The third-order valence-electron chi connectivity index (χ3n) is 12.6. The van der Waals surface area contributed by atoms with E-state index >= 15 is 0 Å². The molecule has 8 rings (SSSR count). The highest BCUT2D eigenvalue weighted by Crippen LogP contribution is 2.28. The number of ether oxygens (including phenoxy) is 2. The maximum absolute atomic E-state index is 12.8. The van der Waals surface area contributed by atoms with Crippen molar-refractivity contribution in [3.63, 3.8) is 0 Å². The highest BCUT2D eigenvalue weighted by atomic mass is 16.6. The van der Waals surface area contributed by atoms with Crippen molar-refractivity contribution in [3.05, 3.63) is 58.2 Å². The van der Waals surface area contributed by atoms with Crippen LogP contribution in [0, 0.1) is 23.7 Å². The van der Waals surface area contributed by atoms with Gasteiger partial charge in [-0.3, -0.25) is 19.6 Å². The number of carbonyl (C=O) groups excluding carboxylic acids is 3. The molecule has 2 aromatic heterocycles. The molecule has 0 spiro atoms. The van der Waals surface area contributed by atoms with Gasteiger partial charge in [0.2, 0.25) is 5.91 Å². The summed E-state index contributed by atoms with van der Waals surface area (Å²) < 4.78 is 10.4. The minimum absolute atomic E-state index is 0.0728. The van der Waals surface area contributed by atoms with E-state index in [0.717, 1.165) is 44.7 Å². The predicted molar refractivity (Wildman–Crippen MR) is 234 cm³/mol. The lowest BCUT2D eigenvalue weighted by molar-refractivity contribution is -0.147. The number of aliphatic carboxylic acids is 1. The predicted octanol–water partition coefficient (Wildman–Crippen LogP) is 7.05. The number of aryl methyl sites for hydroxylation is 4. The van der Waals surface area contributed by atoms with Gasteiger partial charge in [0.05, 0.1) is 11.8 Å². The van der Waals surface area contributed by atoms with Crippen LogP contribution in [0.25, 0.3) is 0 Å². The van der Waals surface area contributed by atoms with Crippen molar-refractivity contribution < 1.29 is 33.8 Å². The van der Waals surface area contributed by atoms with Crippen LogP contribution >= 0.6 is 0 Å². The highest BCUT2D eigenvalue weighted by molar-refractivity contribution is 5.83. The molecule has 0 unspecified atom stereocenters. The Kier molecular flexibility index (Phi) is 15.7. The molecule has 0 saturated carbocycles. The van der Waals surface area contributed by atoms with Crippen molar-refractivity contribution in [1.29, 1.82) is 0 Å². The summed E-state index contributed by atoms with van der Waals surface area (Å²) in [5.74, 6) is 0.289. The lowest BCUT2D eigenvalue weighted by Crippen LogP contribution is -2.58. The number of piperidine rings is 2. The summed E-state index contributed by atoms with van der Waals surface area (Å²) >= 11 is 0. The van der Waals surface area contributed by atoms with Crippen LogP contribution in [0.1, 0.15) is 127 Å². The van der Waals surface area contributed by atoms with Gasteiger partial charge in [-0.1, -0.05) is 12.1 Å². The van der Waals surface area contributed by atoms with Gasteiger partial charge in [-0.25, -0.2) is 9.59 Å². The van der Waals surface area contributed by atoms with Crippen LogP contribution in [-0.4, -0.2) is 117 Å². The quantitative estimate of drug-likeness (QED) is 0.309. The maximum atomic E-state index is 12.8. The van der Waals surface area contributed by atoms with E-state index < -0.39 is 29.2 Å². The minimum atomic E-state index is -0.857. The first-order valence-corrected chi connectivity index (χ1v) is 23.1. The van der Waals surface area contributed by atoms with E-state index in [-0.39, 0.29) is 31.0 Å². The Morgan fingerprint density at radius 3 is 1.49 bits per heavy atom. The van der Waals surface area contributed by atoms with Gasteiger partial charge in [-0.15, -0.1) is 0 Å². The first-order chi connectivity index (χ1) is 29.0. The first kappa shape index (κ1) is 46.2. The standard InChI is InChI=1S/C24H35N3O3.C15H22N2.C9H15NO4/c1-24(2,3)30-23(29)27-15-19(16-27)22(28)26-12-10-17(11-13-26)14-20-9-8-18-6-4-5-7-21(18)25-20;1-2-4-15-13(3-1)5-6-14(17-15)11-12-7-9-16-10-8-12;1-9(2,3)14-8(13)10-4-6(5-10)7(11)12/h8-9,17,19H,4-7,10-16H2,1-3H3;5-6,12,16H,1-4,7-11H2;6H,4-5H2,1-3H3,(H,11,12). The number of aromatic nitrogens is 2. The van der Waals surface area contributed by atoms with E-state index in [4.69, 9.17) is 24.5 Å². The summed E-state index contributed by atoms with van der Waals surface area (Å²) in [7, 11) is 0. The van der Waals surface area contributed by atoms with Crippen LogP contribution in [-0.2, 0) is 57.6 Å². The number of likely N-dealkylation sites (tertiary alicyclic amines) is 3. The van der Waals surface area contributed by atoms with Crippen molar-refractivity contribution in [3.8, 4) is 0 Å². The normalized spacial score (nSPS) is 20.0. The molecule has 6 heterocycles. The van der Waals surface area contributed by atoms with E-state index in [0.29, 0.717) is 19.0 Å². The van der Waals surface area contributed by atoms with Gasteiger partial charge in [0, 0.05) is 62.0 Å². The average molecular weight is 845 g/mol. The average Bonchev–Trinajstić information content (AvgIpc) is 3.16. The fourth-order valence-electron chi connectivity index (χ4n) is 9.00. The summed E-state index contributed by atoms with van der Waals surface area (Å²) in [5, 5.41) is 12.0. The van der Waals surface area contributed by atoms with E-state index in [1.807, 2.05) is 25.7 Å². The van der Waals surface area contributed by atoms with E-state index in [9.17, 15) is 19.2 Å². The number of carboxylic acid groups (broad SMARTS) is 1. The number of carboxylic acids is 1. The molecule has 2 N–H and O–H groups in total. The van der Waals surface area contributed by atoms with Crippen molar-refractivity contribution in [2.24, 2.45) is 23.7 Å². The Balaban J connectivity index is 0.000000169. The Morgan fingerprint density at radius 1 is 0.623 bits per heavy atom. The number of amides is 3. The monoisotopic (exact) mass is 845 g/mol. The van der Waals surface area contributed by atoms with E-state index in [1.165, 1.54) is 116 Å². The molecule has 61 heavy (non-hydrogen) atoms. The third kappa shape index (κ3) is 13.9. The molecule has 0 atom stereocenters. The van der Waals surface area contributed by atoms with Crippen molar-refractivity contribution in [1.82, 2.24) is 30.0 Å². The topological polar surface area (TPSA) is 154 Å². The van der Waals surface area contributed by atoms with Gasteiger partial charge in [0.15, 0.2) is 0 Å². The molecule has 2 aliphatic carbocycles. The molecule has 0 bridgehead atoms. The number of hydrogen-bond acceptors (Lipinski definition) is 9. The SMILES string of the molecule is CC(C)(C)OC(=O)N1CC(C(=O)N2CCC(Cc3ccc4c(n3)CCCC4)CC2)C1.CC(C)(C)OC(=O)N1CC(C(=O)O)C1.c1cc2c(nc1CC1CCNCC1)CCCC2. The molecule has 13 nitrogen and oxygen atoms in total. The smallest absolute Gasteiger partial charge is 0.410 e. The van der Waals surface area contributed by atoms with Crippen LogP contribution in [0.5, 0.6) is 0 Å². The molecule has 0 aromatic carbocycles. The molecular formula is C48H72N6O7. The Labute approximate surface area is 363 Å². The van der Waals surface area contributed by atoms with Crippen molar-refractivity contribution in [2.75, 3.05) is 52.4 Å². The second kappa shape index (κ2) is 20.7. The molecule has 6 aliphatic rings. The molecule has 0 radical (unpaired) electrons. The molecule has 4 saturated heterocycles. The summed E-state index contributed by atoms with van der Waals surface area (Å²) in [4.78, 5) is 61.5. The van der Waals surface area contributed by atoms with Gasteiger partial charge >= 0.3 is 18.2 Å². The zero-order chi connectivity index (χ0) is 43.7. The number of nitrogens with one attached hydrogen (secondary N) is 1. The number of nitrogens with zero attached hydrogens (tertiary/aromatic N) is 5. The van der Waals surface area contributed by atoms with Crippen molar-refractivity contribution in [2.45, 2.75) is 143 Å². The van der Waals surface area contributed by atoms with E-state index in [1.54, 1.807) is 25.7 Å².